The van der Waals surface area contributed by atoms with E-state index >= 15 is 0 Å². The Morgan fingerprint density at radius 2 is 2.15 bits per heavy atom. The van der Waals surface area contributed by atoms with Gasteiger partial charge in [0, 0.05) is 47.3 Å². The summed E-state index contributed by atoms with van der Waals surface area (Å²) < 4.78 is 13.2. The Morgan fingerprint density at radius 1 is 1.40 bits per heavy atom. The zero-order valence-corrected chi connectivity index (χ0v) is 11.6. The number of fused-ring (bicyclic) bond motifs is 1. The van der Waals surface area contributed by atoms with E-state index in [0.29, 0.717) is 11.1 Å². The summed E-state index contributed by atoms with van der Waals surface area (Å²) in [4.78, 5) is 16.6. The molecule has 3 rings (SSSR count). The molecule has 1 aliphatic heterocycles. The average Bonchev–Trinajstić information content (AvgIpc) is 2.83. The van der Waals surface area contributed by atoms with Crippen molar-refractivity contribution >= 4 is 28.6 Å². The van der Waals surface area contributed by atoms with E-state index < -0.39 is 12.0 Å². The number of benzene rings is 1. The highest BCUT2D eigenvalue weighted by atomic mass is 32.2. The van der Waals surface area contributed by atoms with E-state index in [0.717, 1.165) is 30.0 Å². The predicted octanol–water partition coefficient (Wildman–Crippen LogP) is 2.48. The molecule has 2 aromatic rings. The predicted molar refractivity (Wildman–Crippen MR) is 77.5 cm³/mol. The van der Waals surface area contributed by atoms with Crippen molar-refractivity contribution in [3.8, 4) is 0 Å². The van der Waals surface area contributed by atoms with Crippen molar-refractivity contribution < 1.29 is 14.3 Å². The van der Waals surface area contributed by atoms with Crippen LogP contribution in [-0.4, -0.2) is 45.6 Å². The molecule has 6 heteroatoms. The first-order valence-corrected chi connectivity index (χ1v) is 7.63. The number of thioether (sulfide) groups is 1. The Hall–Kier alpha value is -1.53. The zero-order chi connectivity index (χ0) is 14.1. The highest BCUT2D eigenvalue weighted by molar-refractivity contribution is 7.99. The van der Waals surface area contributed by atoms with Crippen LogP contribution < -0.4 is 0 Å². The summed E-state index contributed by atoms with van der Waals surface area (Å²) in [5.41, 5.74) is 1.34. The second kappa shape index (κ2) is 5.46. The van der Waals surface area contributed by atoms with Crippen molar-refractivity contribution in [2.24, 2.45) is 0 Å². The normalized spacial score (nSPS) is 18.2. The molecule has 0 aliphatic carbocycles. The molecular weight excluding hydrogens is 279 g/mol. The van der Waals surface area contributed by atoms with Gasteiger partial charge < -0.3 is 10.1 Å². The second-order valence-corrected chi connectivity index (χ2v) is 6.05. The molecular formula is C14H15FN2O2S. The van der Waals surface area contributed by atoms with Gasteiger partial charge in [0.05, 0.1) is 0 Å². The molecule has 106 valence electrons. The third-order valence-electron chi connectivity index (χ3n) is 3.62. The summed E-state index contributed by atoms with van der Waals surface area (Å²) in [5.74, 6) is 0.705. The molecule has 0 bridgehead atoms. The summed E-state index contributed by atoms with van der Waals surface area (Å²) in [6.45, 7) is 1.52. The van der Waals surface area contributed by atoms with Crippen LogP contribution in [0, 0.1) is 5.82 Å². The molecule has 2 N–H and O–H groups in total. The van der Waals surface area contributed by atoms with Gasteiger partial charge in [0.25, 0.3) is 0 Å². The molecule has 2 heterocycles. The molecule has 1 fully saturated rings. The monoisotopic (exact) mass is 294 g/mol. The Kier molecular flexibility index (Phi) is 3.67. The van der Waals surface area contributed by atoms with Crippen LogP contribution in [0.15, 0.2) is 24.4 Å². The van der Waals surface area contributed by atoms with Crippen molar-refractivity contribution in [3.63, 3.8) is 0 Å². The Balaban J connectivity index is 2.02. The maximum Gasteiger partial charge on any atom is 0.325 e. The number of aromatic nitrogens is 1. The third-order valence-corrected chi connectivity index (χ3v) is 4.56. The van der Waals surface area contributed by atoms with Crippen LogP contribution in [0.5, 0.6) is 0 Å². The van der Waals surface area contributed by atoms with Crippen molar-refractivity contribution in [1.82, 2.24) is 9.88 Å². The summed E-state index contributed by atoms with van der Waals surface area (Å²) in [6.07, 6.45) is 1.69. The molecule has 1 aliphatic rings. The van der Waals surface area contributed by atoms with E-state index in [4.69, 9.17) is 0 Å². The molecule has 1 atom stereocenters. The molecule has 0 amide bonds. The molecule has 0 spiro atoms. The molecule has 0 unspecified atom stereocenters. The summed E-state index contributed by atoms with van der Waals surface area (Å²) in [5, 5.41) is 10.3. The van der Waals surface area contributed by atoms with Gasteiger partial charge in [-0.1, -0.05) is 0 Å². The van der Waals surface area contributed by atoms with E-state index in [2.05, 4.69) is 4.98 Å². The first-order valence-electron chi connectivity index (χ1n) is 6.48. The maximum atomic E-state index is 13.2. The second-order valence-electron chi connectivity index (χ2n) is 4.82. The molecule has 1 saturated heterocycles. The highest BCUT2D eigenvalue weighted by Gasteiger charge is 2.30. The van der Waals surface area contributed by atoms with Crippen LogP contribution in [-0.2, 0) is 4.79 Å². The van der Waals surface area contributed by atoms with Crippen LogP contribution in [0.1, 0.15) is 11.6 Å². The number of carboxylic acid groups (broad SMARTS) is 1. The van der Waals surface area contributed by atoms with Crippen LogP contribution in [0.25, 0.3) is 10.9 Å². The van der Waals surface area contributed by atoms with Gasteiger partial charge >= 0.3 is 5.97 Å². The Bertz CT molecular complexity index is 637. The molecule has 0 radical (unpaired) electrons. The molecule has 20 heavy (non-hydrogen) atoms. The van der Waals surface area contributed by atoms with Gasteiger partial charge in [0.1, 0.15) is 11.9 Å². The lowest BCUT2D eigenvalue weighted by Gasteiger charge is -2.31. The highest BCUT2D eigenvalue weighted by Crippen LogP contribution is 2.30. The Labute approximate surface area is 120 Å². The van der Waals surface area contributed by atoms with Crippen LogP contribution >= 0.6 is 11.8 Å². The minimum absolute atomic E-state index is 0.327. The number of nitrogens with one attached hydrogen (secondary N) is 1. The number of H-pyrrole nitrogens is 1. The number of hydrogen-bond acceptors (Lipinski definition) is 3. The number of aliphatic carboxylic acids is 1. The van der Waals surface area contributed by atoms with Crippen molar-refractivity contribution in [2.75, 3.05) is 24.6 Å². The lowest BCUT2D eigenvalue weighted by atomic mass is 10.0. The summed E-state index contributed by atoms with van der Waals surface area (Å²) in [6, 6.07) is 3.73. The van der Waals surface area contributed by atoms with Gasteiger partial charge in [-0.15, -0.1) is 0 Å². The quantitative estimate of drug-likeness (QED) is 0.913. The molecule has 1 aromatic carbocycles. The van der Waals surface area contributed by atoms with Crippen LogP contribution in [0.3, 0.4) is 0 Å². The van der Waals surface area contributed by atoms with E-state index in [-0.39, 0.29) is 5.82 Å². The SMILES string of the molecule is O=C(O)[C@@H](c1c[nH]c2cc(F)ccc12)N1CCSCC1. The average molecular weight is 294 g/mol. The third kappa shape index (κ3) is 2.41. The number of hydrogen-bond donors (Lipinski definition) is 2. The Morgan fingerprint density at radius 3 is 2.85 bits per heavy atom. The number of aromatic amines is 1. The number of rotatable bonds is 3. The standard InChI is InChI=1S/C14H15FN2O2S/c15-9-1-2-10-11(8-16-12(10)7-9)13(14(18)19)17-3-5-20-6-4-17/h1-2,7-8,13,16H,3-6H2,(H,18,19)/t13-/m1/s1. The van der Waals surface area contributed by atoms with Gasteiger partial charge in [0.15, 0.2) is 0 Å². The fourth-order valence-electron chi connectivity index (χ4n) is 2.67. The minimum Gasteiger partial charge on any atom is -0.480 e. The zero-order valence-electron chi connectivity index (χ0n) is 10.8. The number of carboxylic acids is 1. The van der Waals surface area contributed by atoms with E-state index in [1.54, 1.807) is 12.3 Å². The smallest absolute Gasteiger partial charge is 0.325 e. The van der Waals surface area contributed by atoms with Gasteiger partial charge in [0.2, 0.25) is 0 Å². The van der Waals surface area contributed by atoms with Crippen LogP contribution in [0.2, 0.25) is 0 Å². The van der Waals surface area contributed by atoms with Crippen molar-refractivity contribution in [3.05, 3.63) is 35.8 Å². The van der Waals surface area contributed by atoms with Crippen molar-refractivity contribution in [2.45, 2.75) is 6.04 Å². The van der Waals surface area contributed by atoms with E-state index in [9.17, 15) is 14.3 Å². The lowest BCUT2D eigenvalue weighted by Crippen LogP contribution is -2.39. The lowest BCUT2D eigenvalue weighted by molar-refractivity contribution is -0.143. The fraction of sp³-hybridized carbons (Fsp3) is 0.357. The van der Waals surface area contributed by atoms with Gasteiger partial charge in [-0.25, -0.2) is 4.39 Å². The van der Waals surface area contributed by atoms with E-state index in [1.807, 2.05) is 16.7 Å². The number of carbonyl (C=O) groups is 1. The first-order chi connectivity index (χ1) is 9.66. The number of halogens is 1. The number of nitrogens with zero attached hydrogens (tertiary/aromatic N) is 1. The summed E-state index contributed by atoms with van der Waals surface area (Å²) in [7, 11) is 0. The van der Waals surface area contributed by atoms with Gasteiger partial charge in [-0.3, -0.25) is 9.69 Å². The molecule has 0 saturated carbocycles. The van der Waals surface area contributed by atoms with Gasteiger partial charge in [-0.2, -0.15) is 11.8 Å². The van der Waals surface area contributed by atoms with Crippen molar-refractivity contribution in [1.29, 1.82) is 0 Å². The molecule has 1 aromatic heterocycles. The van der Waals surface area contributed by atoms with E-state index in [1.165, 1.54) is 12.1 Å². The fourth-order valence-corrected chi connectivity index (χ4v) is 3.60. The topological polar surface area (TPSA) is 56.3 Å². The maximum absolute atomic E-state index is 13.2. The first kappa shape index (κ1) is 13.5. The summed E-state index contributed by atoms with van der Waals surface area (Å²) >= 11 is 1.84. The minimum atomic E-state index is -0.859. The molecule has 4 nitrogen and oxygen atoms in total. The van der Waals surface area contributed by atoms with Gasteiger partial charge in [-0.05, 0) is 18.2 Å². The largest absolute Gasteiger partial charge is 0.480 e. The van der Waals surface area contributed by atoms with Crippen LogP contribution in [0.4, 0.5) is 4.39 Å².